The number of benzene rings is 3. The zero-order valence-electron chi connectivity index (χ0n) is 18.3. The molecule has 5 aromatic rings. The number of ether oxygens (including phenoxy) is 2. The van der Waals surface area contributed by atoms with Crippen LogP contribution in [0.15, 0.2) is 101 Å². The fourth-order valence-electron chi connectivity index (χ4n) is 4.07. The van der Waals surface area contributed by atoms with E-state index >= 15 is 0 Å². The highest BCUT2D eigenvalue weighted by Crippen LogP contribution is 2.31. The number of hydrogen-bond acceptors (Lipinski definition) is 6. The number of fused-ring (bicyclic) bond motifs is 1. The lowest BCUT2D eigenvalue weighted by Crippen LogP contribution is -2.16. The first kappa shape index (κ1) is 20.8. The van der Waals surface area contributed by atoms with Gasteiger partial charge in [-0.15, -0.1) is 16.4 Å². The van der Waals surface area contributed by atoms with Crippen molar-refractivity contribution in [2.75, 3.05) is 18.6 Å². The highest BCUT2D eigenvalue weighted by molar-refractivity contribution is 7.07. The number of anilines is 1. The van der Waals surface area contributed by atoms with Crippen molar-refractivity contribution < 1.29 is 9.47 Å². The highest BCUT2D eigenvalue weighted by Gasteiger charge is 2.23. The van der Waals surface area contributed by atoms with E-state index in [1.54, 1.807) is 11.3 Å². The van der Waals surface area contributed by atoms with E-state index in [2.05, 4.69) is 45.7 Å². The summed E-state index contributed by atoms with van der Waals surface area (Å²) < 4.78 is 13.7. The van der Waals surface area contributed by atoms with Crippen molar-refractivity contribution in [3.8, 4) is 16.9 Å². The average molecular weight is 467 g/mol. The quantitative estimate of drug-likeness (QED) is 0.336. The maximum Gasteiger partial charge on any atom is 0.213 e. The Hall–Kier alpha value is -3.78. The third kappa shape index (κ3) is 4.01. The molecule has 1 N–H and O–H groups in total. The van der Waals surface area contributed by atoms with Crippen LogP contribution in [0.5, 0.6) is 0 Å². The standard InChI is InChI=1S/C27H22N4O2S/c1-3-9-19(10-4-1)24-18-34-27(31(24)21-12-5-2-6-13-21)30-29-25-22(26-32-15-16-33-26)17-20-11-7-8-14-23(20)28-25/h1-14,17-18,26H,15-16H2,(H,28,29)/b30-27+. The molecule has 6 rings (SSSR count). The Balaban J connectivity index is 1.47. The Morgan fingerprint density at radius 2 is 1.59 bits per heavy atom. The highest BCUT2D eigenvalue weighted by atomic mass is 32.1. The van der Waals surface area contributed by atoms with Crippen molar-refractivity contribution in [2.24, 2.45) is 5.10 Å². The van der Waals surface area contributed by atoms with Gasteiger partial charge in [-0.2, -0.15) is 0 Å². The molecule has 0 bridgehead atoms. The lowest BCUT2D eigenvalue weighted by Gasteiger charge is -2.14. The number of pyridine rings is 1. The molecule has 1 saturated heterocycles. The number of rotatable bonds is 5. The average Bonchev–Trinajstić information content (AvgIpc) is 3.58. The van der Waals surface area contributed by atoms with Gasteiger partial charge in [-0.1, -0.05) is 66.7 Å². The molecule has 1 fully saturated rings. The van der Waals surface area contributed by atoms with Crippen molar-refractivity contribution in [3.63, 3.8) is 0 Å². The number of thiazole rings is 1. The number of nitrogens with one attached hydrogen (secondary N) is 1. The Bertz CT molecular complexity index is 1490. The summed E-state index contributed by atoms with van der Waals surface area (Å²) in [5, 5.41) is 7.95. The molecule has 0 aliphatic carbocycles. The van der Waals surface area contributed by atoms with E-state index in [1.807, 2.05) is 60.7 Å². The van der Waals surface area contributed by atoms with E-state index in [-0.39, 0.29) is 0 Å². The van der Waals surface area contributed by atoms with Crippen LogP contribution in [-0.4, -0.2) is 22.8 Å². The molecule has 3 aromatic carbocycles. The molecule has 0 atom stereocenters. The minimum atomic E-state index is -0.459. The van der Waals surface area contributed by atoms with E-state index in [9.17, 15) is 0 Å². The van der Waals surface area contributed by atoms with E-state index < -0.39 is 6.29 Å². The summed E-state index contributed by atoms with van der Waals surface area (Å²) in [6, 6.07) is 30.6. The smallest absolute Gasteiger partial charge is 0.213 e. The fraction of sp³-hybridized carbons (Fsp3) is 0.111. The van der Waals surface area contributed by atoms with Crippen LogP contribution in [0, 0.1) is 0 Å². The summed E-state index contributed by atoms with van der Waals surface area (Å²) in [5.41, 5.74) is 8.18. The molecule has 2 aromatic heterocycles. The Morgan fingerprint density at radius 1 is 0.882 bits per heavy atom. The minimum Gasteiger partial charge on any atom is -0.346 e. The molecular weight excluding hydrogens is 444 g/mol. The maximum atomic E-state index is 5.79. The number of aromatic nitrogens is 2. The van der Waals surface area contributed by atoms with Gasteiger partial charge in [0, 0.05) is 16.5 Å². The summed E-state index contributed by atoms with van der Waals surface area (Å²) in [6.07, 6.45) is -0.459. The van der Waals surface area contributed by atoms with Crippen LogP contribution in [0.4, 0.5) is 5.82 Å². The van der Waals surface area contributed by atoms with E-state index in [4.69, 9.17) is 19.6 Å². The van der Waals surface area contributed by atoms with Crippen molar-refractivity contribution in [2.45, 2.75) is 6.29 Å². The molecule has 34 heavy (non-hydrogen) atoms. The summed E-state index contributed by atoms with van der Waals surface area (Å²) in [7, 11) is 0. The summed E-state index contributed by atoms with van der Waals surface area (Å²) in [6.45, 7) is 1.13. The number of para-hydroxylation sites is 2. The van der Waals surface area contributed by atoms with E-state index in [0.717, 1.165) is 38.2 Å². The van der Waals surface area contributed by atoms with Crippen LogP contribution in [0.1, 0.15) is 11.9 Å². The molecule has 7 heteroatoms. The van der Waals surface area contributed by atoms with Crippen molar-refractivity contribution >= 4 is 28.1 Å². The van der Waals surface area contributed by atoms with Gasteiger partial charge in [0.25, 0.3) is 0 Å². The first-order chi connectivity index (χ1) is 16.9. The van der Waals surface area contributed by atoms with E-state index in [0.29, 0.717) is 19.0 Å². The van der Waals surface area contributed by atoms with Gasteiger partial charge in [0.15, 0.2) is 12.1 Å². The zero-order valence-corrected chi connectivity index (χ0v) is 19.1. The zero-order chi connectivity index (χ0) is 22.7. The monoisotopic (exact) mass is 466 g/mol. The van der Waals surface area contributed by atoms with Crippen molar-refractivity contribution in [3.05, 3.63) is 107 Å². The van der Waals surface area contributed by atoms with E-state index in [1.165, 1.54) is 0 Å². The van der Waals surface area contributed by atoms with Gasteiger partial charge < -0.3 is 9.47 Å². The lowest BCUT2D eigenvalue weighted by atomic mass is 10.1. The number of nitrogens with zero attached hydrogens (tertiary/aromatic N) is 3. The van der Waals surface area contributed by atoms with Gasteiger partial charge in [0.1, 0.15) is 0 Å². The summed E-state index contributed by atoms with van der Waals surface area (Å²) >= 11 is 1.57. The summed E-state index contributed by atoms with van der Waals surface area (Å²) in [5.74, 6) is 0.625. The minimum absolute atomic E-state index is 0.459. The topological polar surface area (TPSA) is 60.7 Å². The molecule has 0 unspecified atom stereocenters. The summed E-state index contributed by atoms with van der Waals surface area (Å²) in [4.78, 5) is 5.64. The normalized spacial score (nSPS) is 14.6. The van der Waals surface area contributed by atoms with Gasteiger partial charge >= 0.3 is 0 Å². The molecule has 6 nitrogen and oxygen atoms in total. The Morgan fingerprint density at radius 3 is 2.38 bits per heavy atom. The molecule has 0 radical (unpaired) electrons. The maximum absolute atomic E-state index is 5.79. The van der Waals surface area contributed by atoms with Gasteiger partial charge in [-0.05, 0) is 29.8 Å². The van der Waals surface area contributed by atoms with Crippen LogP contribution in [0.2, 0.25) is 0 Å². The van der Waals surface area contributed by atoms with Crippen LogP contribution in [0.25, 0.3) is 27.8 Å². The first-order valence-corrected chi connectivity index (χ1v) is 12.0. The molecule has 0 spiro atoms. The van der Waals surface area contributed by atoms with Crippen LogP contribution in [0.3, 0.4) is 0 Å². The van der Waals surface area contributed by atoms with Crippen molar-refractivity contribution in [1.82, 2.24) is 9.55 Å². The third-order valence-electron chi connectivity index (χ3n) is 5.68. The van der Waals surface area contributed by atoms with Gasteiger partial charge in [0.2, 0.25) is 4.80 Å². The molecule has 0 saturated carbocycles. The lowest BCUT2D eigenvalue weighted by molar-refractivity contribution is -0.0436. The number of hydrogen-bond donors (Lipinski definition) is 1. The molecule has 1 aliphatic rings. The second-order valence-corrected chi connectivity index (χ2v) is 8.69. The predicted octanol–water partition coefficient (Wildman–Crippen LogP) is 5.73. The van der Waals surface area contributed by atoms with Crippen LogP contribution >= 0.6 is 11.3 Å². The Kier molecular flexibility index (Phi) is 5.64. The van der Waals surface area contributed by atoms with Crippen LogP contribution in [-0.2, 0) is 9.47 Å². The molecule has 168 valence electrons. The van der Waals surface area contributed by atoms with Gasteiger partial charge in [0.05, 0.1) is 30.0 Å². The largest absolute Gasteiger partial charge is 0.346 e. The van der Waals surface area contributed by atoms with Crippen LogP contribution < -0.4 is 10.2 Å². The first-order valence-electron chi connectivity index (χ1n) is 11.1. The molecule has 0 amide bonds. The van der Waals surface area contributed by atoms with Gasteiger partial charge in [-0.3, -0.25) is 9.99 Å². The van der Waals surface area contributed by atoms with Crippen molar-refractivity contribution in [1.29, 1.82) is 0 Å². The fourth-order valence-corrected chi connectivity index (χ4v) is 4.93. The Labute approximate surface area is 200 Å². The second kappa shape index (κ2) is 9.23. The SMILES string of the molecule is c1ccc(-c2cs/c(=N/Nc3nc4ccccc4cc3C3OCCO3)n2-c2ccccc2)cc1. The predicted molar refractivity (Wildman–Crippen MR) is 135 cm³/mol. The van der Waals surface area contributed by atoms with Gasteiger partial charge in [-0.25, -0.2) is 4.98 Å². The second-order valence-electron chi connectivity index (χ2n) is 7.86. The third-order valence-corrected chi connectivity index (χ3v) is 6.50. The molecular formula is C27H22N4O2S. The molecule has 3 heterocycles. The molecule has 1 aliphatic heterocycles.